The third-order valence-corrected chi connectivity index (χ3v) is 4.76. The van der Waals surface area contributed by atoms with Crippen molar-refractivity contribution in [1.29, 1.82) is 0 Å². The van der Waals surface area contributed by atoms with Gasteiger partial charge in [0.2, 0.25) is 0 Å². The van der Waals surface area contributed by atoms with Crippen LogP contribution in [0.5, 0.6) is 0 Å². The molecule has 3 rings (SSSR count). The second-order valence-electron chi connectivity index (χ2n) is 5.98. The van der Waals surface area contributed by atoms with Gasteiger partial charge in [-0.05, 0) is 43.9 Å². The molecule has 3 heteroatoms. The van der Waals surface area contributed by atoms with Crippen LogP contribution in [-0.4, -0.2) is 24.2 Å². The molecule has 112 valence electrons. The largest absolute Gasteiger partial charge is 0.378 e. The Hall–Kier alpha value is -1.45. The molecule has 1 saturated carbocycles. The van der Waals surface area contributed by atoms with Gasteiger partial charge in [0.05, 0.1) is 11.1 Å². The maximum absolute atomic E-state index is 5.82. The molecule has 0 aliphatic heterocycles. The van der Waals surface area contributed by atoms with Crippen LogP contribution in [0.3, 0.4) is 0 Å². The fraction of sp³-hybridized carbons (Fsp3) is 0.500. The van der Waals surface area contributed by atoms with Crippen LogP contribution in [0, 0.1) is 0 Å². The molecule has 3 nitrogen and oxygen atoms in total. The second-order valence-corrected chi connectivity index (χ2v) is 5.98. The molecular formula is C18H24N2O. The van der Waals surface area contributed by atoms with Crippen molar-refractivity contribution in [3.63, 3.8) is 0 Å². The second kappa shape index (κ2) is 6.12. The number of nitrogens with zero attached hydrogens (tertiary/aromatic N) is 1. The number of hydrogen-bond acceptors (Lipinski definition) is 3. The lowest BCUT2D eigenvalue weighted by Gasteiger charge is -2.43. The van der Waals surface area contributed by atoms with E-state index in [4.69, 9.17) is 4.74 Å². The third-order valence-electron chi connectivity index (χ3n) is 4.76. The van der Waals surface area contributed by atoms with Gasteiger partial charge in [-0.25, -0.2) is 0 Å². The van der Waals surface area contributed by atoms with Crippen molar-refractivity contribution in [2.75, 3.05) is 13.7 Å². The molecule has 21 heavy (non-hydrogen) atoms. The minimum Gasteiger partial charge on any atom is -0.378 e. The predicted octanol–water partition coefficient (Wildman–Crippen LogP) is 3.84. The number of benzene rings is 1. The monoisotopic (exact) mass is 284 g/mol. The third kappa shape index (κ3) is 2.81. The summed E-state index contributed by atoms with van der Waals surface area (Å²) in [6.07, 6.45) is 6.52. The molecule has 1 aliphatic rings. The molecule has 1 unspecified atom stereocenters. The smallest absolute Gasteiger partial charge is 0.0749 e. The van der Waals surface area contributed by atoms with E-state index in [1.165, 1.54) is 30.2 Å². The van der Waals surface area contributed by atoms with Gasteiger partial charge in [-0.3, -0.25) is 4.98 Å². The van der Waals surface area contributed by atoms with Crippen LogP contribution < -0.4 is 5.32 Å². The first-order valence-corrected chi connectivity index (χ1v) is 7.90. The van der Waals surface area contributed by atoms with Crippen molar-refractivity contribution >= 4 is 10.9 Å². The van der Waals surface area contributed by atoms with E-state index in [1.54, 1.807) is 0 Å². The Labute approximate surface area is 126 Å². The number of ether oxygens (including phenoxy) is 1. The minimum absolute atomic E-state index is 0.0593. The summed E-state index contributed by atoms with van der Waals surface area (Å²) in [6, 6.07) is 10.9. The van der Waals surface area contributed by atoms with Crippen LogP contribution >= 0.6 is 0 Å². The lowest BCUT2D eigenvalue weighted by atomic mass is 9.74. The maximum atomic E-state index is 5.82. The SMILES string of the molecule is CCNC(CC1(OC)CCC1)c1cccc2cccnc12. The van der Waals surface area contributed by atoms with Gasteiger partial charge in [0.1, 0.15) is 0 Å². The summed E-state index contributed by atoms with van der Waals surface area (Å²) in [6.45, 7) is 3.11. The Morgan fingerprint density at radius 1 is 1.29 bits per heavy atom. The quantitative estimate of drug-likeness (QED) is 0.875. The first-order valence-electron chi connectivity index (χ1n) is 7.90. The number of para-hydroxylation sites is 1. The van der Waals surface area contributed by atoms with E-state index in [0.29, 0.717) is 6.04 Å². The molecule has 0 bridgehead atoms. The van der Waals surface area contributed by atoms with E-state index in [9.17, 15) is 0 Å². The molecule has 0 spiro atoms. The normalized spacial score (nSPS) is 18.4. The Bertz CT molecular complexity index is 596. The van der Waals surface area contributed by atoms with Crippen LogP contribution in [0.15, 0.2) is 36.5 Å². The molecule has 1 fully saturated rings. The van der Waals surface area contributed by atoms with Crippen LogP contribution in [0.4, 0.5) is 0 Å². The summed E-state index contributed by atoms with van der Waals surface area (Å²) in [5.74, 6) is 0. The van der Waals surface area contributed by atoms with E-state index in [1.807, 2.05) is 19.4 Å². The highest BCUT2D eigenvalue weighted by Gasteiger charge is 2.39. The number of methoxy groups -OCH3 is 1. The standard InChI is InChI=1S/C18H24N2O/c1-3-19-16(13-18(21-2)10-6-11-18)15-9-4-7-14-8-5-12-20-17(14)15/h4-5,7-9,12,16,19H,3,6,10-11,13H2,1-2H3. The fourth-order valence-electron chi connectivity index (χ4n) is 3.38. The van der Waals surface area contributed by atoms with Gasteiger partial charge in [0, 0.05) is 24.7 Å². The number of hydrogen-bond donors (Lipinski definition) is 1. The highest BCUT2D eigenvalue weighted by Crippen LogP contribution is 2.42. The molecule has 1 N–H and O–H groups in total. The molecule has 1 aliphatic carbocycles. The van der Waals surface area contributed by atoms with Crippen molar-refractivity contribution in [3.05, 3.63) is 42.1 Å². The molecular weight excluding hydrogens is 260 g/mol. The van der Waals surface area contributed by atoms with Crippen molar-refractivity contribution in [2.45, 2.75) is 44.2 Å². The van der Waals surface area contributed by atoms with Gasteiger partial charge in [0.15, 0.2) is 0 Å². The van der Waals surface area contributed by atoms with Crippen molar-refractivity contribution in [2.24, 2.45) is 0 Å². The molecule has 2 aromatic rings. The van der Waals surface area contributed by atoms with Gasteiger partial charge >= 0.3 is 0 Å². The average molecular weight is 284 g/mol. The molecule has 1 heterocycles. The number of fused-ring (bicyclic) bond motifs is 1. The Morgan fingerprint density at radius 2 is 2.10 bits per heavy atom. The van der Waals surface area contributed by atoms with Gasteiger partial charge < -0.3 is 10.1 Å². The fourth-order valence-corrected chi connectivity index (χ4v) is 3.38. The zero-order chi connectivity index (χ0) is 14.7. The minimum atomic E-state index is 0.0593. The zero-order valence-corrected chi connectivity index (χ0v) is 12.9. The highest BCUT2D eigenvalue weighted by atomic mass is 16.5. The predicted molar refractivity (Wildman–Crippen MR) is 86.4 cm³/mol. The van der Waals surface area contributed by atoms with E-state index in [0.717, 1.165) is 18.5 Å². The molecule has 1 atom stereocenters. The summed E-state index contributed by atoms with van der Waals surface area (Å²) < 4.78 is 5.82. The van der Waals surface area contributed by atoms with Crippen LogP contribution in [-0.2, 0) is 4.74 Å². The van der Waals surface area contributed by atoms with Gasteiger partial charge in [-0.15, -0.1) is 0 Å². The summed E-state index contributed by atoms with van der Waals surface area (Å²) in [7, 11) is 1.85. The Balaban J connectivity index is 1.95. The molecule has 1 aromatic heterocycles. The summed E-state index contributed by atoms with van der Waals surface area (Å²) >= 11 is 0. The van der Waals surface area contributed by atoms with Crippen molar-refractivity contribution < 1.29 is 4.74 Å². The summed E-state index contributed by atoms with van der Waals surface area (Å²) in [4.78, 5) is 4.60. The Morgan fingerprint density at radius 3 is 2.76 bits per heavy atom. The molecule has 0 saturated heterocycles. The lowest BCUT2D eigenvalue weighted by molar-refractivity contribution is -0.0836. The zero-order valence-electron chi connectivity index (χ0n) is 12.9. The molecule has 0 radical (unpaired) electrons. The maximum Gasteiger partial charge on any atom is 0.0749 e. The van der Waals surface area contributed by atoms with Crippen molar-refractivity contribution in [3.8, 4) is 0 Å². The number of aromatic nitrogens is 1. The number of rotatable bonds is 6. The van der Waals surface area contributed by atoms with Gasteiger partial charge in [-0.2, -0.15) is 0 Å². The van der Waals surface area contributed by atoms with E-state index < -0.39 is 0 Å². The van der Waals surface area contributed by atoms with E-state index in [2.05, 4.69) is 41.5 Å². The summed E-state index contributed by atoms with van der Waals surface area (Å²) in [5.41, 5.74) is 2.46. The summed E-state index contributed by atoms with van der Waals surface area (Å²) in [5, 5.41) is 4.84. The number of nitrogens with one attached hydrogen (secondary N) is 1. The van der Waals surface area contributed by atoms with Crippen LogP contribution in [0.1, 0.15) is 44.2 Å². The average Bonchev–Trinajstić information content (AvgIpc) is 2.49. The van der Waals surface area contributed by atoms with E-state index >= 15 is 0 Å². The van der Waals surface area contributed by atoms with Gasteiger partial charge in [-0.1, -0.05) is 31.2 Å². The first-order chi connectivity index (χ1) is 10.3. The van der Waals surface area contributed by atoms with Crippen LogP contribution in [0.2, 0.25) is 0 Å². The lowest BCUT2D eigenvalue weighted by Crippen LogP contribution is -2.43. The highest BCUT2D eigenvalue weighted by molar-refractivity contribution is 5.82. The first kappa shape index (κ1) is 14.5. The molecule has 1 aromatic carbocycles. The van der Waals surface area contributed by atoms with E-state index in [-0.39, 0.29) is 5.60 Å². The number of pyridine rings is 1. The van der Waals surface area contributed by atoms with Crippen LogP contribution in [0.25, 0.3) is 10.9 Å². The van der Waals surface area contributed by atoms with Gasteiger partial charge in [0.25, 0.3) is 0 Å². The Kier molecular flexibility index (Phi) is 4.22. The van der Waals surface area contributed by atoms with Crippen molar-refractivity contribution in [1.82, 2.24) is 10.3 Å². The topological polar surface area (TPSA) is 34.1 Å². The molecule has 0 amide bonds.